The van der Waals surface area contributed by atoms with Gasteiger partial charge in [-0.25, -0.2) is 8.42 Å². The highest BCUT2D eigenvalue weighted by Gasteiger charge is 2.33. The van der Waals surface area contributed by atoms with Crippen LogP contribution in [0, 0.1) is 6.92 Å². The maximum absolute atomic E-state index is 14.1. The monoisotopic (exact) mass is 597 g/mol. The Bertz CT molecular complexity index is 1480. The number of amides is 2. The summed E-state index contributed by atoms with van der Waals surface area (Å²) in [5, 5.41) is 3.45. The molecule has 0 heterocycles. The van der Waals surface area contributed by atoms with Crippen molar-refractivity contribution in [2.45, 2.75) is 63.1 Å². The summed E-state index contributed by atoms with van der Waals surface area (Å²) >= 11 is 6.38. The summed E-state index contributed by atoms with van der Waals surface area (Å²) in [6, 6.07) is 19.2. The lowest BCUT2D eigenvalue weighted by Crippen LogP contribution is -2.52. The van der Waals surface area contributed by atoms with Crippen LogP contribution in [0.25, 0.3) is 0 Å². The van der Waals surface area contributed by atoms with Gasteiger partial charge < -0.3 is 15.0 Å². The first-order valence-corrected chi connectivity index (χ1v) is 15.5. The second kappa shape index (κ2) is 13.4. The lowest BCUT2D eigenvalue weighted by Gasteiger charge is -2.32. The number of hydrogen-bond acceptors (Lipinski definition) is 5. The van der Waals surface area contributed by atoms with Gasteiger partial charge in [0.15, 0.2) is 0 Å². The van der Waals surface area contributed by atoms with Crippen LogP contribution in [-0.4, -0.2) is 50.9 Å². The number of benzene rings is 3. The number of anilines is 1. The molecule has 218 valence electrons. The van der Waals surface area contributed by atoms with Crippen LogP contribution in [0.5, 0.6) is 5.75 Å². The Kier molecular flexibility index (Phi) is 9.94. The number of halogens is 1. The van der Waals surface area contributed by atoms with Crippen molar-refractivity contribution >= 4 is 39.1 Å². The first-order chi connectivity index (χ1) is 19.6. The van der Waals surface area contributed by atoms with Gasteiger partial charge in [0.05, 0.1) is 17.7 Å². The number of sulfonamides is 1. The van der Waals surface area contributed by atoms with E-state index >= 15 is 0 Å². The first-order valence-electron chi connectivity index (χ1n) is 13.7. The van der Waals surface area contributed by atoms with Crippen molar-refractivity contribution in [1.29, 1.82) is 0 Å². The van der Waals surface area contributed by atoms with Gasteiger partial charge in [-0.1, -0.05) is 60.8 Å². The summed E-state index contributed by atoms with van der Waals surface area (Å²) in [4.78, 5) is 28.9. The number of carbonyl (C=O) groups is 2. The van der Waals surface area contributed by atoms with Crippen molar-refractivity contribution in [2.75, 3.05) is 18.0 Å². The lowest BCUT2D eigenvalue weighted by atomic mass is 10.1. The van der Waals surface area contributed by atoms with Gasteiger partial charge in [-0.15, -0.1) is 0 Å². The summed E-state index contributed by atoms with van der Waals surface area (Å²) in [6.45, 7) is 3.04. The van der Waals surface area contributed by atoms with Gasteiger partial charge >= 0.3 is 0 Å². The van der Waals surface area contributed by atoms with Crippen LogP contribution in [0.15, 0.2) is 77.7 Å². The third-order valence-corrected chi connectivity index (χ3v) is 9.60. The minimum atomic E-state index is -4.15. The topological polar surface area (TPSA) is 96.0 Å². The Balaban J connectivity index is 1.70. The standard InChI is InChI=1S/C31H36ClN3O5S/c1-22-16-17-26(19-29(22)32)35(41(38,39)28-14-5-4-6-15-28)21-30(36)34(20-24-10-9-13-27(18-24)40-3)23(2)31(37)33-25-11-7-8-12-25/h4-6,9-10,13-19,23,25H,7-8,11-12,20-21H2,1-3H3,(H,33,37). The number of hydrogen-bond donors (Lipinski definition) is 1. The van der Waals surface area contributed by atoms with Crippen molar-refractivity contribution < 1.29 is 22.7 Å². The van der Waals surface area contributed by atoms with E-state index in [1.165, 1.54) is 23.1 Å². The van der Waals surface area contributed by atoms with Gasteiger partial charge in [0.25, 0.3) is 10.0 Å². The molecule has 1 fully saturated rings. The van der Waals surface area contributed by atoms with Crippen molar-refractivity contribution in [1.82, 2.24) is 10.2 Å². The molecule has 1 N–H and O–H groups in total. The third-order valence-electron chi connectivity index (χ3n) is 7.41. The molecule has 0 spiro atoms. The van der Waals surface area contributed by atoms with E-state index in [2.05, 4.69) is 5.32 Å². The van der Waals surface area contributed by atoms with E-state index < -0.39 is 28.5 Å². The Morgan fingerprint density at radius 2 is 1.73 bits per heavy atom. The Morgan fingerprint density at radius 3 is 2.39 bits per heavy atom. The summed E-state index contributed by atoms with van der Waals surface area (Å²) in [7, 11) is -2.60. The normalized spacial score (nSPS) is 14.3. The van der Waals surface area contributed by atoms with Crippen molar-refractivity contribution in [2.24, 2.45) is 0 Å². The largest absolute Gasteiger partial charge is 0.497 e. The van der Waals surface area contributed by atoms with Crippen molar-refractivity contribution in [3.8, 4) is 5.75 Å². The van der Waals surface area contributed by atoms with E-state index in [0.29, 0.717) is 10.8 Å². The van der Waals surface area contributed by atoms with Crippen LogP contribution < -0.4 is 14.4 Å². The van der Waals surface area contributed by atoms with Gasteiger partial charge in [0.2, 0.25) is 11.8 Å². The zero-order valence-electron chi connectivity index (χ0n) is 23.5. The molecule has 1 atom stereocenters. The van der Waals surface area contributed by atoms with Gasteiger partial charge in [-0.2, -0.15) is 0 Å². The fraction of sp³-hybridized carbons (Fsp3) is 0.355. The molecule has 0 bridgehead atoms. The molecule has 1 aliphatic carbocycles. The first kappa shape index (κ1) is 30.4. The molecule has 1 unspecified atom stereocenters. The average Bonchev–Trinajstić information content (AvgIpc) is 3.49. The van der Waals surface area contributed by atoms with E-state index in [9.17, 15) is 18.0 Å². The second-order valence-corrected chi connectivity index (χ2v) is 12.6. The fourth-order valence-corrected chi connectivity index (χ4v) is 6.53. The van der Waals surface area contributed by atoms with E-state index in [0.717, 1.165) is 41.1 Å². The van der Waals surface area contributed by atoms with E-state index in [1.54, 1.807) is 62.6 Å². The predicted octanol–water partition coefficient (Wildman–Crippen LogP) is 5.33. The Labute approximate surface area is 247 Å². The van der Waals surface area contributed by atoms with E-state index in [-0.39, 0.29) is 29.1 Å². The molecule has 4 rings (SSSR count). The summed E-state index contributed by atoms with van der Waals surface area (Å²) < 4.78 is 34.2. The SMILES string of the molecule is COc1cccc(CN(C(=O)CN(c2ccc(C)c(Cl)c2)S(=O)(=O)c2ccccc2)C(C)C(=O)NC2CCCC2)c1. The quantitative estimate of drug-likeness (QED) is 0.322. The number of rotatable bonds is 11. The molecule has 2 amide bonds. The number of ether oxygens (including phenoxy) is 1. The number of nitrogens with one attached hydrogen (secondary N) is 1. The number of carbonyl (C=O) groups excluding carboxylic acids is 2. The fourth-order valence-electron chi connectivity index (χ4n) is 4.93. The molecule has 41 heavy (non-hydrogen) atoms. The van der Waals surface area contributed by atoms with Crippen LogP contribution >= 0.6 is 11.6 Å². The zero-order chi connectivity index (χ0) is 29.6. The molecule has 0 radical (unpaired) electrons. The number of aryl methyl sites for hydroxylation is 1. The van der Waals surface area contributed by atoms with Crippen molar-refractivity contribution in [3.05, 3.63) is 88.9 Å². The minimum absolute atomic E-state index is 0.0378. The predicted molar refractivity (Wildman–Crippen MR) is 161 cm³/mol. The molecule has 1 saturated carbocycles. The molecule has 8 nitrogen and oxygen atoms in total. The summed E-state index contributed by atoms with van der Waals surface area (Å²) in [5.74, 6) is -0.192. The summed E-state index contributed by atoms with van der Waals surface area (Å²) in [6.07, 6.45) is 3.91. The molecular formula is C31H36ClN3O5S. The number of nitrogens with zero attached hydrogens (tertiary/aromatic N) is 2. The van der Waals surface area contributed by atoms with Gasteiger partial charge in [0, 0.05) is 17.6 Å². The van der Waals surface area contributed by atoms with Gasteiger partial charge in [-0.3, -0.25) is 13.9 Å². The van der Waals surface area contributed by atoms with E-state index in [1.807, 2.05) is 13.0 Å². The molecule has 0 saturated heterocycles. The Hall–Kier alpha value is -3.56. The van der Waals surface area contributed by atoms with Crippen LogP contribution in [0.4, 0.5) is 5.69 Å². The molecule has 3 aromatic carbocycles. The molecule has 10 heteroatoms. The van der Waals surface area contributed by atoms with Crippen LogP contribution in [0.1, 0.15) is 43.7 Å². The second-order valence-electron chi connectivity index (χ2n) is 10.3. The van der Waals surface area contributed by atoms with Gasteiger partial charge in [-0.05, 0) is 74.2 Å². The lowest BCUT2D eigenvalue weighted by molar-refractivity contribution is -0.139. The third kappa shape index (κ3) is 7.40. The minimum Gasteiger partial charge on any atom is -0.497 e. The highest BCUT2D eigenvalue weighted by atomic mass is 35.5. The van der Waals surface area contributed by atoms with Crippen LogP contribution in [0.3, 0.4) is 0 Å². The maximum Gasteiger partial charge on any atom is 0.264 e. The highest BCUT2D eigenvalue weighted by Crippen LogP contribution is 2.29. The molecular weight excluding hydrogens is 562 g/mol. The smallest absolute Gasteiger partial charge is 0.264 e. The molecule has 1 aliphatic rings. The van der Waals surface area contributed by atoms with Crippen LogP contribution in [0.2, 0.25) is 5.02 Å². The molecule has 3 aromatic rings. The van der Waals surface area contributed by atoms with Gasteiger partial charge in [0.1, 0.15) is 18.3 Å². The highest BCUT2D eigenvalue weighted by molar-refractivity contribution is 7.92. The summed E-state index contributed by atoms with van der Waals surface area (Å²) in [5.41, 5.74) is 1.77. The zero-order valence-corrected chi connectivity index (χ0v) is 25.1. The van der Waals surface area contributed by atoms with Crippen LogP contribution in [-0.2, 0) is 26.2 Å². The Morgan fingerprint density at radius 1 is 1.02 bits per heavy atom. The maximum atomic E-state index is 14.1. The number of methoxy groups -OCH3 is 1. The van der Waals surface area contributed by atoms with Crippen molar-refractivity contribution in [3.63, 3.8) is 0 Å². The van der Waals surface area contributed by atoms with E-state index in [4.69, 9.17) is 16.3 Å². The molecule has 0 aromatic heterocycles. The average molecular weight is 598 g/mol. The molecule has 0 aliphatic heterocycles.